The van der Waals surface area contributed by atoms with Crippen LogP contribution in [-0.4, -0.2) is 216 Å². The third-order valence-corrected chi connectivity index (χ3v) is 12.1. The Morgan fingerprint density at radius 1 is 0.554 bits per heavy atom. The lowest BCUT2D eigenvalue weighted by atomic mass is 10.3. The zero-order valence-electron chi connectivity index (χ0n) is 44.9. The van der Waals surface area contributed by atoms with E-state index in [1.165, 1.54) is 52.8 Å². The molecule has 0 aromatic carbocycles. The summed E-state index contributed by atoms with van der Waals surface area (Å²) in [5, 5.41) is 10.2. The SMILES string of the molecule is CC(=O)CN(CCNC(=O)CN(CCNC(=O)CN(CCNC(=O)CN(CCNC(=O)CN)C(=O)Cn1cc(C)c(=O)[nH]c1=O)C(=O)Cn1cnc2c(=O)[nH]c(N)nc21)C(=O)Cn1ccc(N)nc1=O)C(=O)Cn1cnc2c(N)ncnc21. The second-order valence-corrected chi connectivity index (χ2v) is 18.3. The van der Waals surface area contributed by atoms with E-state index in [1.807, 2.05) is 0 Å². The summed E-state index contributed by atoms with van der Waals surface area (Å²) in [5.74, 6) is -6.41. The third kappa shape index (κ3) is 17.4. The van der Waals surface area contributed by atoms with E-state index in [0.29, 0.717) is 0 Å². The Labute approximate surface area is 466 Å². The van der Waals surface area contributed by atoms with E-state index in [9.17, 15) is 62.3 Å². The number of nitrogen functional groups attached to an aromatic ring is 3. The minimum Gasteiger partial charge on any atom is -0.383 e. The van der Waals surface area contributed by atoms with Crippen LogP contribution in [0, 0.1) is 6.92 Å². The predicted molar refractivity (Wildman–Crippen MR) is 289 cm³/mol. The molecule has 0 bridgehead atoms. The number of amides is 8. The van der Waals surface area contributed by atoms with Gasteiger partial charge in [-0.3, -0.25) is 71.8 Å². The number of nitrogens with one attached hydrogen (secondary N) is 6. The highest BCUT2D eigenvalue weighted by Gasteiger charge is 2.25. The number of aromatic amines is 2. The first-order chi connectivity index (χ1) is 39.5. The molecule has 37 nitrogen and oxygen atoms in total. The van der Waals surface area contributed by atoms with Crippen LogP contribution in [0.2, 0.25) is 0 Å². The average Bonchev–Trinajstić information content (AvgIpc) is 4.25. The lowest BCUT2D eigenvalue weighted by Gasteiger charge is -2.26. The van der Waals surface area contributed by atoms with Crippen molar-refractivity contribution in [2.75, 3.05) is 102 Å². The van der Waals surface area contributed by atoms with Gasteiger partial charge in [-0.25, -0.2) is 29.5 Å². The molecule has 6 aromatic rings. The number of anilines is 3. The number of imidazole rings is 2. The van der Waals surface area contributed by atoms with E-state index in [2.05, 4.69) is 61.1 Å². The van der Waals surface area contributed by atoms with E-state index in [4.69, 9.17) is 22.9 Å². The number of carbonyl (C=O) groups is 9. The van der Waals surface area contributed by atoms with Gasteiger partial charge < -0.3 is 72.9 Å². The monoisotopic (exact) mass is 1160 g/mol. The van der Waals surface area contributed by atoms with Gasteiger partial charge in [0.05, 0.1) is 45.4 Å². The summed E-state index contributed by atoms with van der Waals surface area (Å²) in [6, 6.07) is 1.27. The van der Waals surface area contributed by atoms with Gasteiger partial charge in [0.1, 0.15) is 49.6 Å². The molecule has 0 unspecified atom stereocenters. The summed E-state index contributed by atoms with van der Waals surface area (Å²) in [6.07, 6.45) is 6.05. The summed E-state index contributed by atoms with van der Waals surface area (Å²) >= 11 is 0. The van der Waals surface area contributed by atoms with Gasteiger partial charge in [0, 0.05) is 70.3 Å². The molecule has 6 heterocycles. The van der Waals surface area contributed by atoms with Gasteiger partial charge in [-0.1, -0.05) is 0 Å². The first kappa shape index (κ1) is 61.5. The molecule has 6 aromatic heterocycles. The van der Waals surface area contributed by atoms with E-state index in [-0.39, 0.29) is 123 Å². The van der Waals surface area contributed by atoms with Crippen LogP contribution in [0.15, 0.2) is 56.6 Å². The Bertz CT molecular complexity index is 3680. The minimum atomic E-state index is -0.892. The first-order valence-electron chi connectivity index (χ1n) is 25.1. The molecule has 6 rings (SSSR count). The van der Waals surface area contributed by atoms with Crippen molar-refractivity contribution in [3.63, 3.8) is 0 Å². The molecule has 442 valence electrons. The van der Waals surface area contributed by atoms with Crippen LogP contribution in [0.25, 0.3) is 22.3 Å². The highest BCUT2D eigenvalue weighted by atomic mass is 16.2. The molecule has 0 aliphatic carbocycles. The molecule has 0 spiro atoms. The largest absolute Gasteiger partial charge is 0.383 e. The van der Waals surface area contributed by atoms with E-state index in [1.54, 1.807) is 0 Å². The van der Waals surface area contributed by atoms with Gasteiger partial charge in [-0.2, -0.15) is 9.97 Å². The Balaban J connectivity index is 1.12. The van der Waals surface area contributed by atoms with Crippen LogP contribution in [-0.2, 0) is 69.3 Å². The highest BCUT2D eigenvalue weighted by molar-refractivity contribution is 5.89. The zero-order valence-corrected chi connectivity index (χ0v) is 44.9. The van der Waals surface area contributed by atoms with E-state index >= 15 is 0 Å². The molecule has 8 amide bonds. The van der Waals surface area contributed by atoms with Crippen molar-refractivity contribution in [3.8, 4) is 0 Å². The van der Waals surface area contributed by atoms with Gasteiger partial charge in [0.2, 0.25) is 53.2 Å². The van der Waals surface area contributed by atoms with E-state index < -0.39 is 109 Å². The van der Waals surface area contributed by atoms with Crippen molar-refractivity contribution in [1.82, 2.24) is 99.0 Å². The fraction of sp³-hybridized carbons (Fsp3) is 0.413. The first-order valence-corrected chi connectivity index (χ1v) is 25.1. The van der Waals surface area contributed by atoms with Gasteiger partial charge >= 0.3 is 11.4 Å². The number of ketones is 1. The molecule has 0 radical (unpaired) electrons. The smallest absolute Gasteiger partial charge is 0.349 e. The molecular weight excluding hydrogens is 1100 g/mol. The molecule has 0 aliphatic heterocycles. The lowest BCUT2D eigenvalue weighted by molar-refractivity contribution is -0.138. The molecule has 14 N–H and O–H groups in total. The fourth-order valence-corrected chi connectivity index (χ4v) is 7.90. The average molecular weight is 1160 g/mol. The number of Topliss-reactive ketones (excluding diaryl/α,β-unsaturated/α-hetero) is 1. The highest BCUT2D eigenvalue weighted by Crippen LogP contribution is 2.14. The Hall–Kier alpha value is -10.8. The van der Waals surface area contributed by atoms with Crippen LogP contribution in [0.1, 0.15) is 12.5 Å². The Morgan fingerprint density at radius 2 is 1.02 bits per heavy atom. The Morgan fingerprint density at radius 3 is 1.53 bits per heavy atom. The van der Waals surface area contributed by atoms with Gasteiger partial charge in [-0.15, -0.1) is 0 Å². The molecule has 0 saturated heterocycles. The number of fused-ring (bicyclic) bond motifs is 2. The third-order valence-electron chi connectivity index (χ3n) is 12.1. The van der Waals surface area contributed by atoms with Crippen LogP contribution in [0.5, 0.6) is 0 Å². The van der Waals surface area contributed by atoms with Gasteiger partial charge in [-0.05, 0) is 19.9 Å². The topological polar surface area (TPSA) is 516 Å². The van der Waals surface area contributed by atoms with Crippen LogP contribution in [0.4, 0.5) is 17.6 Å². The number of nitrogens with zero attached hydrogens (tertiary/aromatic N) is 14. The number of carbonyl (C=O) groups excluding carboxylic acids is 9. The number of H-pyrrole nitrogens is 2. The summed E-state index contributed by atoms with van der Waals surface area (Å²) in [6.45, 7) is -4.13. The van der Waals surface area contributed by atoms with Crippen molar-refractivity contribution < 1.29 is 43.2 Å². The Kier molecular flexibility index (Phi) is 21.0. The van der Waals surface area contributed by atoms with Crippen molar-refractivity contribution in [1.29, 1.82) is 0 Å². The van der Waals surface area contributed by atoms with Gasteiger partial charge in [0.15, 0.2) is 22.6 Å². The molecule has 0 fully saturated rings. The molecule has 0 aliphatic rings. The summed E-state index contributed by atoms with van der Waals surface area (Å²) in [5.41, 5.74) is 19.9. The quantitative estimate of drug-likeness (QED) is 0.0208. The number of hydrogen-bond donors (Lipinski definition) is 10. The standard InChI is InChI=1S/C46H60N24O13/c1-26-14-68(46(83)62-42(26)80)20-34(77)65(10-4-51-29(72)13-47)17-31(74)54-7-12-66(36(79)22-70-25-58-38-41(70)60-44(50)61-43(38)81)18-32(75)53-6-11-64(33(76)19-67-8-3-28(48)59-45(67)82)16-30(73)52-5-9-63(15-27(2)71)35(78)21-69-24-57-37-39(49)55-23-56-40(37)69/h3,8,14,23-25H,4-7,9-13,15-22,47H2,1-2H3,(H,51,72)(H,52,73)(H,53,75)(H,54,74)(H2,48,59,82)(H2,49,55,56)(H,62,80,83)(H3,50,60,61,81). The van der Waals surface area contributed by atoms with E-state index in [0.717, 1.165) is 36.4 Å². The lowest BCUT2D eigenvalue weighted by Crippen LogP contribution is -2.50. The number of nitrogens with two attached hydrogens (primary N) is 4. The number of rotatable bonds is 29. The van der Waals surface area contributed by atoms with Gasteiger partial charge in [0.25, 0.3) is 11.1 Å². The molecule has 0 atom stereocenters. The number of hydrogen-bond acceptors (Lipinski definition) is 23. The summed E-state index contributed by atoms with van der Waals surface area (Å²) < 4.78 is 4.47. The fourth-order valence-electron chi connectivity index (χ4n) is 7.90. The molecular formula is C46H60N24O13. The maximum Gasteiger partial charge on any atom is 0.349 e. The molecule has 83 heavy (non-hydrogen) atoms. The van der Waals surface area contributed by atoms with Crippen LogP contribution in [0.3, 0.4) is 0 Å². The molecule has 37 heteroatoms. The maximum atomic E-state index is 14.0. The summed E-state index contributed by atoms with van der Waals surface area (Å²) in [4.78, 5) is 201. The number of aromatic nitrogens is 12. The normalized spacial score (nSPS) is 11.0. The van der Waals surface area contributed by atoms with Crippen LogP contribution < -0.4 is 66.7 Å². The van der Waals surface area contributed by atoms with Crippen LogP contribution >= 0.6 is 0 Å². The number of aryl methyl sites for hydroxylation is 1. The second kappa shape index (κ2) is 28.4. The summed E-state index contributed by atoms with van der Waals surface area (Å²) in [7, 11) is 0. The van der Waals surface area contributed by atoms with Crippen molar-refractivity contribution in [3.05, 3.63) is 84.7 Å². The minimum absolute atomic E-state index is 0.0710. The molecule has 0 saturated carbocycles. The van der Waals surface area contributed by atoms with Crippen molar-refractivity contribution >= 4 is 93.0 Å². The second-order valence-electron chi connectivity index (χ2n) is 18.3. The maximum absolute atomic E-state index is 14.0. The predicted octanol–water partition coefficient (Wildman–Crippen LogP) is -8.85. The van der Waals surface area contributed by atoms with Crippen molar-refractivity contribution in [2.45, 2.75) is 40.0 Å². The van der Waals surface area contributed by atoms with Crippen molar-refractivity contribution in [2.24, 2.45) is 5.73 Å². The zero-order chi connectivity index (χ0) is 60.5.